The maximum atomic E-state index is 12.5. The maximum absolute atomic E-state index is 12.5. The van der Waals surface area contributed by atoms with Gasteiger partial charge in [-0.3, -0.25) is 9.69 Å². The normalized spacial score (nSPS) is 24.6. The highest BCUT2D eigenvalue weighted by atomic mass is 16.2. The second-order valence-corrected chi connectivity index (χ2v) is 6.18. The van der Waals surface area contributed by atoms with Crippen molar-refractivity contribution >= 4 is 5.91 Å². The Bertz CT molecular complexity index is 462. The number of likely N-dealkylation sites (N-methyl/N-ethyl adjacent to an activating group) is 1. The minimum absolute atomic E-state index is 0.106. The molecule has 4 heteroatoms. The summed E-state index contributed by atoms with van der Waals surface area (Å²) in [7, 11) is 1.90. The molecule has 3 unspecified atom stereocenters. The van der Waals surface area contributed by atoms with Gasteiger partial charge in [0.2, 0.25) is 5.91 Å². The number of nitrogens with one attached hydrogen (secondary N) is 1. The Labute approximate surface area is 128 Å². The van der Waals surface area contributed by atoms with Crippen LogP contribution in [0.2, 0.25) is 0 Å². The first kappa shape index (κ1) is 16.0. The van der Waals surface area contributed by atoms with Crippen molar-refractivity contribution in [1.29, 1.82) is 0 Å². The van der Waals surface area contributed by atoms with Crippen LogP contribution in [0.4, 0.5) is 0 Å². The number of rotatable bonds is 4. The van der Waals surface area contributed by atoms with Crippen LogP contribution < -0.4 is 5.32 Å². The Morgan fingerprint density at radius 2 is 2.05 bits per heavy atom. The second kappa shape index (κ2) is 7.05. The summed E-state index contributed by atoms with van der Waals surface area (Å²) in [5.74, 6) is 0.187. The molecular weight excluding hydrogens is 262 g/mol. The van der Waals surface area contributed by atoms with E-state index in [0.29, 0.717) is 18.6 Å². The fraction of sp³-hybridized carbons (Fsp3) is 0.588. The molecule has 1 amide bonds. The zero-order chi connectivity index (χ0) is 15.4. The van der Waals surface area contributed by atoms with Gasteiger partial charge in [-0.25, -0.2) is 0 Å². The molecule has 0 aliphatic carbocycles. The number of benzene rings is 1. The van der Waals surface area contributed by atoms with Crippen molar-refractivity contribution in [1.82, 2.24) is 15.1 Å². The summed E-state index contributed by atoms with van der Waals surface area (Å²) in [5.41, 5.74) is 1.18. The summed E-state index contributed by atoms with van der Waals surface area (Å²) in [6.07, 6.45) is 0. The van der Waals surface area contributed by atoms with Crippen LogP contribution in [0.5, 0.6) is 0 Å². The molecular formula is C17H27N3O. The number of carbonyl (C=O) groups excluding carboxylic acids is 1. The molecule has 21 heavy (non-hydrogen) atoms. The highest BCUT2D eigenvalue weighted by molar-refractivity contribution is 5.78. The van der Waals surface area contributed by atoms with Crippen LogP contribution >= 0.6 is 0 Å². The number of nitrogens with zero attached hydrogens (tertiary/aromatic N) is 2. The summed E-state index contributed by atoms with van der Waals surface area (Å²) in [6, 6.07) is 11.1. The molecule has 0 spiro atoms. The summed E-state index contributed by atoms with van der Waals surface area (Å²) >= 11 is 0. The lowest BCUT2D eigenvalue weighted by molar-refractivity contribution is -0.133. The van der Waals surface area contributed by atoms with Crippen molar-refractivity contribution < 1.29 is 4.79 Å². The fourth-order valence-electron chi connectivity index (χ4n) is 2.77. The smallest absolute Gasteiger partial charge is 0.237 e. The SMILES string of the molecule is CC1CN(CC(=O)N(C)C(C)c2ccccc2)C(C)CN1. The molecule has 116 valence electrons. The number of carbonyl (C=O) groups is 1. The van der Waals surface area contributed by atoms with E-state index in [2.05, 4.69) is 43.1 Å². The summed E-state index contributed by atoms with van der Waals surface area (Å²) < 4.78 is 0. The average molecular weight is 289 g/mol. The first-order valence-corrected chi connectivity index (χ1v) is 7.77. The molecule has 2 rings (SSSR count). The molecule has 0 bridgehead atoms. The van der Waals surface area contributed by atoms with Crippen molar-refractivity contribution in [2.45, 2.75) is 38.9 Å². The zero-order valence-corrected chi connectivity index (χ0v) is 13.5. The third-order valence-electron chi connectivity index (χ3n) is 4.49. The Kier molecular flexibility index (Phi) is 5.37. The van der Waals surface area contributed by atoms with E-state index >= 15 is 0 Å². The van der Waals surface area contributed by atoms with Gasteiger partial charge >= 0.3 is 0 Å². The largest absolute Gasteiger partial charge is 0.338 e. The van der Waals surface area contributed by atoms with Gasteiger partial charge in [0, 0.05) is 32.2 Å². The quantitative estimate of drug-likeness (QED) is 0.919. The minimum atomic E-state index is 0.106. The summed E-state index contributed by atoms with van der Waals surface area (Å²) in [6.45, 7) is 8.80. The van der Waals surface area contributed by atoms with Gasteiger partial charge < -0.3 is 10.2 Å². The van der Waals surface area contributed by atoms with Crippen LogP contribution in [0.25, 0.3) is 0 Å². The number of hydrogen-bond donors (Lipinski definition) is 1. The Morgan fingerprint density at radius 1 is 1.38 bits per heavy atom. The lowest BCUT2D eigenvalue weighted by Gasteiger charge is -2.38. The average Bonchev–Trinajstić information content (AvgIpc) is 2.50. The van der Waals surface area contributed by atoms with Gasteiger partial charge in [0.1, 0.15) is 0 Å². The Hall–Kier alpha value is -1.39. The fourth-order valence-corrected chi connectivity index (χ4v) is 2.77. The van der Waals surface area contributed by atoms with Crippen molar-refractivity contribution in [3.05, 3.63) is 35.9 Å². The summed E-state index contributed by atoms with van der Waals surface area (Å²) in [5, 5.41) is 3.45. The minimum Gasteiger partial charge on any atom is -0.338 e. The van der Waals surface area contributed by atoms with Crippen LogP contribution in [-0.4, -0.2) is 54.5 Å². The molecule has 1 aromatic rings. The number of hydrogen-bond acceptors (Lipinski definition) is 3. The predicted octanol–water partition coefficient (Wildman–Crippen LogP) is 1.89. The van der Waals surface area contributed by atoms with E-state index in [1.54, 1.807) is 0 Å². The van der Waals surface area contributed by atoms with Crippen molar-refractivity contribution in [3.8, 4) is 0 Å². The molecule has 4 nitrogen and oxygen atoms in total. The monoisotopic (exact) mass is 289 g/mol. The van der Waals surface area contributed by atoms with Crippen LogP contribution in [-0.2, 0) is 4.79 Å². The zero-order valence-electron chi connectivity index (χ0n) is 13.5. The lowest BCUT2D eigenvalue weighted by atomic mass is 10.1. The van der Waals surface area contributed by atoms with Crippen molar-refractivity contribution in [3.63, 3.8) is 0 Å². The van der Waals surface area contributed by atoms with Crippen LogP contribution in [0, 0.1) is 0 Å². The van der Waals surface area contributed by atoms with Gasteiger partial charge in [-0.2, -0.15) is 0 Å². The van der Waals surface area contributed by atoms with E-state index in [1.165, 1.54) is 5.56 Å². The summed E-state index contributed by atoms with van der Waals surface area (Å²) in [4.78, 5) is 16.7. The highest BCUT2D eigenvalue weighted by Crippen LogP contribution is 2.18. The third-order valence-corrected chi connectivity index (χ3v) is 4.49. The number of amides is 1. The lowest BCUT2D eigenvalue weighted by Crippen LogP contribution is -2.56. The van der Waals surface area contributed by atoms with Gasteiger partial charge in [-0.05, 0) is 26.3 Å². The molecule has 1 aromatic carbocycles. The van der Waals surface area contributed by atoms with Gasteiger partial charge in [0.05, 0.1) is 12.6 Å². The van der Waals surface area contributed by atoms with E-state index in [1.807, 2.05) is 30.1 Å². The molecule has 0 radical (unpaired) electrons. The number of piperazine rings is 1. The molecule has 0 saturated carbocycles. The van der Waals surface area contributed by atoms with Crippen molar-refractivity contribution in [2.75, 3.05) is 26.7 Å². The van der Waals surface area contributed by atoms with Gasteiger partial charge in [0.25, 0.3) is 0 Å². The molecule has 1 N–H and O–H groups in total. The van der Waals surface area contributed by atoms with Crippen LogP contribution in [0.3, 0.4) is 0 Å². The van der Waals surface area contributed by atoms with Gasteiger partial charge in [-0.15, -0.1) is 0 Å². The molecule has 3 atom stereocenters. The van der Waals surface area contributed by atoms with E-state index in [4.69, 9.17) is 0 Å². The second-order valence-electron chi connectivity index (χ2n) is 6.18. The van der Waals surface area contributed by atoms with Crippen LogP contribution in [0.15, 0.2) is 30.3 Å². The molecule has 1 heterocycles. The third kappa shape index (κ3) is 4.05. The standard InChI is InChI=1S/C17H27N3O/c1-13-11-20(14(2)10-18-13)12-17(21)19(4)15(3)16-8-6-5-7-9-16/h5-9,13-15,18H,10-12H2,1-4H3. The molecule has 1 fully saturated rings. The highest BCUT2D eigenvalue weighted by Gasteiger charge is 2.26. The first-order chi connectivity index (χ1) is 9.99. The van der Waals surface area contributed by atoms with Gasteiger partial charge in [-0.1, -0.05) is 30.3 Å². The Balaban J connectivity index is 1.96. The Morgan fingerprint density at radius 3 is 2.71 bits per heavy atom. The van der Waals surface area contributed by atoms with Crippen LogP contribution in [0.1, 0.15) is 32.4 Å². The maximum Gasteiger partial charge on any atom is 0.237 e. The predicted molar refractivity (Wildman–Crippen MR) is 86.1 cm³/mol. The van der Waals surface area contributed by atoms with Crippen molar-refractivity contribution in [2.24, 2.45) is 0 Å². The molecule has 1 aliphatic heterocycles. The van der Waals surface area contributed by atoms with E-state index in [0.717, 1.165) is 13.1 Å². The van der Waals surface area contributed by atoms with E-state index in [9.17, 15) is 4.79 Å². The van der Waals surface area contributed by atoms with E-state index in [-0.39, 0.29) is 11.9 Å². The first-order valence-electron chi connectivity index (χ1n) is 7.77. The topological polar surface area (TPSA) is 35.6 Å². The molecule has 1 aliphatic rings. The van der Waals surface area contributed by atoms with Gasteiger partial charge in [0.15, 0.2) is 0 Å². The molecule has 0 aromatic heterocycles. The molecule has 1 saturated heterocycles. The van der Waals surface area contributed by atoms with E-state index < -0.39 is 0 Å².